The average Bonchev–Trinajstić information content (AvgIpc) is 2.49. The third kappa shape index (κ3) is 2.85. The average molecular weight is 352 g/mol. The lowest BCUT2D eigenvalue weighted by atomic mass is 10.1. The number of hydrogen-bond acceptors (Lipinski definition) is 3. The van der Waals surface area contributed by atoms with Gasteiger partial charge in [0.25, 0.3) is 5.91 Å². The number of benzene rings is 2. The molecule has 0 unspecified atom stereocenters. The summed E-state index contributed by atoms with van der Waals surface area (Å²) in [7, 11) is 0. The molecule has 0 aromatic heterocycles. The Bertz CT molecular complexity index is 705. The van der Waals surface area contributed by atoms with Crippen LogP contribution >= 0.6 is 15.9 Å². The molecule has 0 atom stereocenters. The van der Waals surface area contributed by atoms with Crippen LogP contribution in [0.2, 0.25) is 0 Å². The second-order valence-corrected chi connectivity index (χ2v) is 5.32. The van der Waals surface area contributed by atoms with Crippen LogP contribution in [0.25, 0.3) is 0 Å². The molecule has 108 valence electrons. The zero-order valence-corrected chi connectivity index (χ0v) is 12.4. The standard InChI is InChI=1S/C15H11BrFNO3/c16-9-4-5-12(11(17)8-9)18-15(19)10-2-1-3-13-14(10)21-7-6-20-13/h1-5,8H,6-7H2,(H,18,19). The SMILES string of the molecule is O=C(Nc1ccc(Br)cc1F)c1cccc2c1OCCO2. The van der Waals surface area contributed by atoms with Gasteiger partial charge >= 0.3 is 0 Å². The topological polar surface area (TPSA) is 47.6 Å². The number of ether oxygens (including phenoxy) is 2. The first-order chi connectivity index (χ1) is 10.1. The van der Waals surface area contributed by atoms with Gasteiger partial charge in [0.2, 0.25) is 0 Å². The Morgan fingerprint density at radius 3 is 2.81 bits per heavy atom. The van der Waals surface area contributed by atoms with Crippen molar-refractivity contribution in [1.82, 2.24) is 0 Å². The number of carbonyl (C=O) groups is 1. The number of rotatable bonds is 2. The molecule has 21 heavy (non-hydrogen) atoms. The van der Waals surface area contributed by atoms with E-state index in [9.17, 15) is 9.18 Å². The molecule has 2 aromatic carbocycles. The number of anilines is 1. The zero-order valence-electron chi connectivity index (χ0n) is 10.9. The molecule has 1 aliphatic heterocycles. The van der Waals surface area contributed by atoms with Crippen molar-refractivity contribution < 1.29 is 18.7 Å². The molecule has 6 heteroatoms. The summed E-state index contributed by atoms with van der Waals surface area (Å²) in [5, 5.41) is 2.53. The lowest BCUT2D eigenvalue weighted by molar-refractivity contribution is 0.101. The van der Waals surface area contributed by atoms with Crippen molar-refractivity contribution in [2.24, 2.45) is 0 Å². The molecule has 0 radical (unpaired) electrons. The van der Waals surface area contributed by atoms with Crippen LogP contribution in [-0.4, -0.2) is 19.1 Å². The highest BCUT2D eigenvalue weighted by Crippen LogP contribution is 2.34. The van der Waals surface area contributed by atoms with E-state index in [-0.39, 0.29) is 5.69 Å². The molecule has 1 N–H and O–H groups in total. The Balaban J connectivity index is 1.89. The quantitative estimate of drug-likeness (QED) is 0.898. The summed E-state index contributed by atoms with van der Waals surface area (Å²) in [6.45, 7) is 0.823. The fourth-order valence-electron chi connectivity index (χ4n) is 2.03. The molecule has 0 bridgehead atoms. The molecule has 0 aliphatic carbocycles. The minimum atomic E-state index is -0.514. The second-order valence-electron chi connectivity index (χ2n) is 4.41. The van der Waals surface area contributed by atoms with E-state index in [1.54, 1.807) is 24.3 Å². The highest BCUT2D eigenvalue weighted by Gasteiger charge is 2.21. The fraction of sp³-hybridized carbons (Fsp3) is 0.133. The Kier molecular flexibility index (Phi) is 3.79. The van der Waals surface area contributed by atoms with Crippen molar-refractivity contribution in [2.75, 3.05) is 18.5 Å². The maximum Gasteiger partial charge on any atom is 0.259 e. The van der Waals surface area contributed by atoms with Gasteiger partial charge in [-0.2, -0.15) is 0 Å². The molecule has 1 amide bonds. The van der Waals surface area contributed by atoms with Gasteiger partial charge in [0.05, 0.1) is 11.3 Å². The van der Waals surface area contributed by atoms with Crippen molar-refractivity contribution in [3.05, 3.63) is 52.3 Å². The zero-order chi connectivity index (χ0) is 14.8. The molecule has 0 saturated heterocycles. The molecule has 0 spiro atoms. The van der Waals surface area contributed by atoms with Gasteiger partial charge in [-0.15, -0.1) is 0 Å². The van der Waals surface area contributed by atoms with Crippen LogP contribution in [-0.2, 0) is 0 Å². The van der Waals surface area contributed by atoms with Gasteiger partial charge in [-0.05, 0) is 30.3 Å². The summed E-state index contributed by atoms with van der Waals surface area (Å²) in [6.07, 6.45) is 0. The first-order valence-corrected chi connectivity index (χ1v) is 7.09. The van der Waals surface area contributed by atoms with E-state index >= 15 is 0 Å². The van der Waals surface area contributed by atoms with Gasteiger partial charge in [0.1, 0.15) is 19.0 Å². The van der Waals surface area contributed by atoms with Crippen LogP contribution in [0.3, 0.4) is 0 Å². The number of halogens is 2. The molecule has 2 aromatic rings. The minimum absolute atomic E-state index is 0.109. The number of amides is 1. The summed E-state index contributed by atoms with van der Waals surface area (Å²) in [5.41, 5.74) is 0.423. The van der Waals surface area contributed by atoms with E-state index in [1.165, 1.54) is 12.1 Å². The van der Waals surface area contributed by atoms with Crippen molar-refractivity contribution in [3.63, 3.8) is 0 Å². The van der Waals surface area contributed by atoms with E-state index < -0.39 is 11.7 Å². The van der Waals surface area contributed by atoms with Gasteiger partial charge in [-0.25, -0.2) is 4.39 Å². The number of hydrogen-bond donors (Lipinski definition) is 1. The fourth-order valence-corrected chi connectivity index (χ4v) is 2.37. The first kappa shape index (κ1) is 13.9. The second kappa shape index (κ2) is 5.73. The molecule has 4 nitrogen and oxygen atoms in total. The first-order valence-electron chi connectivity index (χ1n) is 6.30. The number of para-hydroxylation sites is 1. The molecule has 1 heterocycles. The molecule has 1 aliphatic rings. The Morgan fingerprint density at radius 2 is 2.00 bits per heavy atom. The Morgan fingerprint density at radius 1 is 1.19 bits per heavy atom. The summed E-state index contributed by atoms with van der Waals surface area (Å²) >= 11 is 3.17. The van der Waals surface area contributed by atoms with E-state index in [4.69, 9.17) is 9.47 Å². The van der Waals surface area contributed by atoms with Crippen molar-refractivity contribution in [2.45, 2.75) is 0 Å². The highest BCUT2D eigenvalue weighted by atomic mass is 79.9. The lowest BCUT2D eigenvalue weighted by Gasteiger charge is -2.20. The van der Waals surface area contributed by atoms with Gasteiger partial charge in [0, 0.05) is 4.47 Å². The van der Waals surface area contributed by atoms with Crippen LogP contribution < -0.4 is 14.8 Å². The summed E-state index contributed by atoms with van der Waals surface area (Å²) in [5.74, 6) is -0.0535. The summed E-state index contributed by atoms with van der Waals surface area (Å²) < 4.78 is 25.3. The van der Waals surface area contributed by atoms with E-state index in [0.29, 0.717) is 34.7 Å². The molecular weight excluding hydrogens is 341 g/mol. The molecule has 3 rings (SSSR count). The van der Waals surface area contributed by atoms with E-state index in [0.717, 1.165) is 0 Å². The maximum absolute atomic E-state index is 13.8. The largest absolute Gasteiger partial charge is 0.486 e. The Hall–Kier alpha value is -2.08. The van der Waals surface area contributed by atoms with Gasteiger partial charge in [0.15, 0.2) is 11.5 Å². The van der Waals surface area contributed by atoms with Crippen LogP contribution in [0.5, 0.6) is 11.5 Å². The van der Waals surface area contributed by atoms with E-state index in [2.05, 4.69) is 21.2 Å². The van der Waals surface area contributed by atoms with E-state index in [1.807, 2.05) is 0 Å². The predicted octanol–water partition coefficient (Wildman–Crippen LogP) is 3.61. The predicted molar refractivity (Wildman–Crippen MR) is 79.5 cm³/mol. The monoisotopic (exact) mass is 351 g/mol. The molecule has 0 saturated carbocycles. The number of nitrogens with one attached hydrogen (secondary N) is 1. The number of carbonyl (C=O) groups excluding carboxylic acids is 1. The number of fused-ring (bicyclic) bond motifs is 1. The summed E-state index contributed by atoms with van der Waals surface area (Å²) in [6, 6.07) is 9.46. The third-order valence-corrected chi connectivity index (χ3v) is 3.48. The van der Waals surface area contributed by atoms with Crippen molar-refractivity contribution in [1.29, 1.82) is 0 Å². The maximum atomic E-state index is 13.8. The summed E-state index contributed by atoms with van der Waals surface area (Å²) in [4.78, 5) is 12.3. The van der Waals surface area contributed by atoms with Crippen molar-refractivity contribution >= 4 is 27.5 Å². The molecular formula is C15H11BrFNO3. The molecule has 0 fully saturated rings. The van der Waals surface area contributed by atoms with Gasteiger partial charge in [-0.3, -0.25) is 4.79 Å². The van der Waals surface area contributed by atoms with Crippen LogP contribution in [0, 0.1) is 5.82 Å². The lowest BCUT2D eigenvalue weighted by Crippen LogP contribution is -2.20. The van der Waals surface area contributed by atoms with Crippen LogP contribution in [0.15, 0.2) is 40.9 Å². The highest BCUT2D eigenvalue weighted by molar-refractivity contribution is 9.10. The van der Waals surface area contributed by atoms with Crippen molar-refractivity contribution in [3.8, 4) is 11.5 Å². The van der Waals surface area contributed by atoms with Crippen LogP contribution in [0.1, 0.15) is 10.4 Å². The van der Waals surface area contributed by atoms with Crippen LogP contribution in [0.4, 0.5) is 10.1 Å². The Labute approximate surface area is 129 Å². The van der Waals surface area contributed by atoms with Gasteiger partial charge in [-0.1, -0.05) is 22.0 Å². The smallest absolute Gasteiger partial charge is 0.259 e. The third-order valence-electron chi connectivity index (χ3n) is 2.99. The minimum Gasteiger partial charge on any atom is -0.486 e. The van der Waals surface area contributed by atoms with Gasteiger partial charge < -0.3 is 14.8 Å². The normalized spacial score (nSPS) is 12.9.